The number of carbonyl (C=O) groups excluding carboxylic acids is 2. The van der Waals surface area contributed by atoms with E-state index >= 15 is 0 Å². The van der Waals surface area contributed by atoms with Crippen LogP contribution in [0.3, 0.4) is 0 Å². The Bertz CT molecular complexity index is 523. The highest BCUT2D eigenvalue weighted by Crippen LogP contribution is 2.18. The summed E-state index contributed by atoms with van der Waals surface area (Å²) in [6.45, 7) is 1.05. The van der Waals surface area contributed by atoms with Crippen molar-refractivity contribution in [2.24, 2.45) is 7.05 Å². The molecule has 1 fully saturated rings. The van der Waals surface area contributed by atoms with Crippen molar-refractivity contribution < 1.29 is 14.3 Å². The van der Waals surface area contributed by atoms with Gasteiger partial charge in [-0.25, -0.2) is 9.48 Å². The summed E-state index contributed by atoms with van der Waals surface area (Å²) in [7, 11) is 3.09. The van der Waals surface area contributed by atoms with Gasteiger partial charge >= 0.3 is 6.09 Å². The zero-order chi connectivity index (χ0) is 15.9. The van der Waals surface area contributed by atoms with Crippen LogP contribution in [-0.4, -0.2) is 69.1 Å². The van der Waals surface area contributed by atoms with Crippen LogP contribution in [-0.2, 0) is 16.6 Å². The molecule has 0 spiro atoms. The van der Waals surface area contributed by atoms with E-state index in [0.717, 1.165) is 12.8 Å². The van der Waals surface area contributed by atoms with Crippen molar-refractivity contribution in [1.29, 1.82) is 0 Å². The van der Waals surface area contributed by atoms with Gasteiger partial charge in [0.1, 0.15) is 6.04 Å². The van der Waals surface area contributed by atoms with E-state index in [0.29, 0.717) is 30.4 Å². The van der Waals surface area contributed by atoms with Crippen LogP contribution >= 0.6 is 11.8 Å². The number of tetrazole rings is 1. The molecule has 0 bridgehead atoms. The Hall–Kier alpha value is -1.84. The lowest BCUT2D eigenvalue weighted by molar-refractivity contribution is -0.126. The summed E-state index contributed by atoms with van der Waals surface area (Å²) in [6.07, 6.45) is 2.06. The molecule has 2 rings (SSSR count). The Morgan fingerprint density at radius 2 is 2.27 bits per heavy atom. The number of ether oxygens (including phenoxy) is 1. The predicted molar refractivity (Wildman–Crippen MR) is 79.3 cm³/mol. The molecule has 10 heteroatoms. The van der Waals surface area contributed by atoms with E-state index < -0.39 is 12.1 Å². The van der Waals surface area contributed by atoms with E-state index in [1.165, 1.54) is 23.8 Å². The molecular weight excluding hydrogens is 308 g/mol. The van der Waals surface area contributed by atoms with Gasteiger partial charge in [0.2, 0.25) is 11.1 Å². The molecule has 2 amide bonds. The highest BCUT2D eigenvalue weighted by atomic mass is 32.2. The minimum Gasteiger partial charge on any atom is -0.453 e. The maximum atomic E-state index is 12.2. The quantitative estimate of drug-likeness (QED) is 0.601. The number of thioether (sulfide) groups is 1. The summed E-state index contributed by atoms with van der Waals surface area (Å²) in [6, 6.07) is -0.442. The number of carbonyl (C=O) groups is 2. The summed E-state index contributed by atoms with van der Waals surface area (Å²) in [4.78, 5) is 25.4. The van der Waals surface area contributed by atoms with Gasteiger partial charge in [0.15, 0.2) is 0 Å². The number of nitrogens with one attached hydrogen (secondary N) is 1. The molecule has 122 valence electrons. The first-order valence-corrected chi connectivity index (χ1v) is 8.09. The second-order valence-corrected chi connectivity index (χ2v) is 5.96. The van der Waals surface area contributed by atoms with Gasteiger partial charge in [0.25, 0.3) is 0 Å². The van der Waals surface area contributed by atoms with Gasteiger partial charge in [-0.1, -0.05) is 11.8 Å². The number of aromatic nitrogens is 4. The van der Waals surface area contributed by atoms with Gasteiger partial charge in [-0.05, 0) is 29.7 Å². The number of piperidine rings is 1. The van der Waals surface area contributed by atoms with Crippen LogP contribution in [0.15, 0.2) is 5.16 Å². The Morgan fingerprint density at radius 1 is 1.45 bits per heavy atom. The normalized spacial score (nSPS) is 18.1. The van der Waals surface area contributed by atoms with Gasteiger partial charge in [-0.15, -0.1) is 5.10 Å². The minimum atomic E-state index is -0.445. The molecule has 1 aliphatic rings. The monoisotopic (exact) mass is 328 g/mol. The number of rotatable bonds is 5. The minimum absolute atomic E-state index is 0.137. The summed E-state index contributed by atoms with van der Waals surface area (Å²) >= 11 is 1.46. The first-order chi connectivity index (χ1) is 10.6. The van der Waals surface area contributed by atoms with Crippen molar-refractivity contribution in [3.63, 3.8) is 0 Å². The molecule has 1 aliphatic heterocycles. The molecule has 0 unspecified atom stereocenters. The molecule has 1 aromatic heterocycles. The fourth-order valence-electron chi connectivity index (χ4n) is 2.32. The molecule has 1 aromatic rings. The molecule has 1 atom stereocenters. The maximum absolute atomic E-state index is 12.2. The van der Waals surface area contributed by atoms with Crippen LogP contribution in [0.4, 0.5) is 4.79 Å². The van der Waals surface area contributed by atoms with Crippen LogP contribution in [0.2, 0.25) is 0 Å². The standard InChI is InChI=1S/C12H20N6O3S/c1-17-11(14-15-16-17)22-8-6-13-10(19)9-5-3-4-7-18(9)12(20)21-2/h9H,3-8H2,1-2H3,(H,13,19)/t9-/m0/s1. The number of nitrogens with zero attached hydrogens (tertiary/aromatic N) is 5. The lowest BCUT2D eigenvalue weighted by Gasteiger charge is -2.33. The summed E-state index contributed by atoms with van der Waals surface area (Å²) in [5, 5.41) is 14.7. The van der Waals surface area contributed by atoms with E-state index in [9.17, 15) is 9.59 Å². The smallest absolute Gasteiger partial charge is 0.410 e. The Balaban J connectivity index is 1.78. The van der Waals surface area contributed by atoms with Crippen LogP contribution in [0.5, 0.6) is 0 Å². The SMILES string of the molecule is COC(=O)N1CCCC[C@H]1C(=O)NCCSc1nnnn1C. The molecule has 9 nitrogen and oxygen atoms in total. The zero-order valence-corrected chi connectivity index (χ0v) is 13.5. The molecule has 0 aliphatic carbocycles. The molecule has 22 heavy (non-hydrogen) atoms. The number of likely N-dealkylation sites (tertiary alicyclic amines) is 1. The highest BCUT2D eigenvalue weighted by molar-refractivity contribution is 7.99. The van der Waals surface area contributed by atoms with Crippen LogP contribution in [0, 0.1) is 0 Å². The Morgan fingerprint density at radius 3 is 2.95 bits per heavy atom. The molecular formula is C12H20N6O3S. The van der Waals surface area contributed by atoms with Crippen LogP contribution in [0.25, 0.3) is 0 Å². The number of aryl methyl sites for hydroxylation is 1. The van der Waals surface area contributed by atoms with E-state index in [1.54, 1.807) is 11.7 Å². The third-order valence-electron chi connectivity index (χ3n) is 3.43. The van der Waals surface area contributed by atoms with Crippen molar-refractivity contribution in [2.75, 3.05) is 26.0 Å². The van der Waals surface area contributed by atoms with Gasteiger partial charge in [-0.3, -0.25) is 9.69 Å². The fraction of sp³-hybridized carbons (Fsp3) is 0.750. The summed E-state index contributed by atoms with van der Waals surface area (Å²) in [5.74, 6) is 0.520. The lowest BCUT2D eigenvalue weighted by Crippen LogP contribution is -2.52. The number of hydrogen-bond acceptors (Lipinski definition) is 7. The zero-order valence-electron chi connectivity index (χ0n) is 12.7. The maximum Gasteiger partial charge on any atom is 0.410 e. The van der Waals surface area contributed by atoms with E-state index in [1.807, 2.05) is 0 Å². The van der Waals surface area contributed by atoms with Crippen molar-refractivity contribution >= 4 is 23.8 Å². The first-order valence-electron chi connectivity index (χ1n) is 7.11. The van der Waals surface area contributed by atoms with E-state index in [2.05, 4.69) is 20.8 Å². The van der Waals surface area contributed by atoms with Crippen molar-refractivity contribution in [1.82, 2.24) is 30.4 Å². The number of methoxy groups -OCH3 is 1. The van der Waals surface area contributed by atoms with Gasteiger partial charge < -0.3 is 10.1 Å². The Kier molecular flexibility index (Phi) is 5.99. The van der Waals surface area contributed by atoms with Crippen molar-refractivity contribution in [3.05, 3.63) is 0 Å². The van der Waals surface area contributed by atoms with Crippen LogP contribution < -0.4 is 5.32 Å². The average molecular weight is 328 g/mol. The topological polar surface area (TPSA) is 102 Å². The summed E-state index contributed by atoms with van der Waals surface area (Å²) < 4.78 is 6.31. The summed E-state index contributed by atoms with van der Waals surface area (Å²) in [5.41, 5.74) is 0. The first kappa shape index (κ1) is 16.5. The van der Waals surface area contributed by atoms with Crippen molar-refractivity contribution in [3.8, 4) is 0 Å². The molecule has 0 saturated carbocycles. The molecule has 0 radical (unpaired) electrons. The third-order valence-corrected chi connectivity index (χ3v) is 4.44. The second-order valence-electron chi connectivity index (χ2n) is 4.90. The van der Waals surface area contributed by atoms with Gasteiger partial charge in [-0.2, -0.15) is 0 Å². The molecule has 1 saturated heterocycles. The average Bonchev–Trinajstić information content (AvgIpc) is 2.95. The second kappa shape index (κ2) is 7.97. The molecule has 1 N–H and O–H groups in total. The fourth-order valence-corrected chi connectivity index (χ4v) is 3.02. The van der Waals surface area contributed by atoms with Gasteiger partial charge in [0, 0.05) is 25.9 Å². The highest BCUT2D eigenvalue weighted by Gasteiger charge is 2.32. The van der Waals surface area contributed by atoms with Gasteiger partial charge in [0.05, 0.1) is 7.11 Å². The lowest BCUT2D eigenvalue weighted by atomic mass is 10.0. The largest absolute Gasteiger partial charge is 0.453 e. The number of hydrogen-bond donors (Lipinski definition) is 1. The van der Waals surface area contributed by atoms with Crippen molar-refractivity contribution in [2.45, 2.75) is 30.5 Å². The van der Waals surface area contributed by atoms with E-state index in [4.69, 9.17) is 4.74 Å². The predicted octanol–water partition coefficient (Wildman–Crippen LogP) is 0.0393. The van der Waals surface area contributed by atoms with E-state index in [-0.39, 0.29) is 5.91 Å². The molecule has 2 heterocycles. The Labute approximate surface area is 132 Å². The molecule has 0 aromatic carbocycles. The number of amides is 2. The third kappa shape index (κ3) is 4.09. The van der Waals surface area contributed by atoms with Crippen LogP contribution in [0.1, 0.15) is 19.3 Å².